The number of ether oxygens (including phenoxy) is 1. The van der Waals surface area contributed by atoms with E-state index in [9.17, 15) is 14.9 Å². The summed E-state index contributed by atoms with van der Waals surface area (Å²) < 4.78 is 5.54. The third-order valence-corrected chi connectivity index (χ3v) is 3.60. The molecular weight excluding hydrogens is 262 g/mol. The van der Waals surface area contributed by atoms with Gasteiger partial charge in [0.15, 0.2) is 5.75 Å². The van der Waals surface area contributed by atoms with E-state index in [-0.39, 0.29) is 17.0 Å². The molecule has 6 heteroatoms. The fraction of sp³-hybridized carbons (Fsp3) is 0.500. The van der Waals surface area contributed by atoms with Crippen molar-refractivity contribution < 1.29 is 19.6 Å². The first-order valence-corrected chi connectivity index (χ1v) is 6.72. The molecule has 0 aliphatic heterocycles. The number of hydrogen-bond donors (Lipinski definition) is 1. The van der Waals surface area contributed by atoms with E-state index in [0.717, 1.165) is 18.9 Å². The van der Waals surface area contributed by atoms with E-state index in [1.807, 2.05) is 0 Å². The van der Waals surface area contributed by atoms with Crippen molar-refractivity contribution in [3.8, 4) is 5.75 Å². The first kappa shape index (κ1) is 14.3. The Hall–Kier alpha value is -2.11. The fourth-order valence-corrected chi connectivity index (χ4v) is 2.48. The average Bonchev–Trinajstić information content (AvgIpc) is 2.45. The summed E-state index contributed by atoms with van der Waals surface area (Å²) in [6, 6.07) is 3.73. The Kier molecular flexibility index (Phi) is 4.55. The molecule has 108 valence electrons. The van der Waals surface area contributed by atoms with Crippen molar-refractivity contribution in [1.82, 2.24) is 0 Å². The van der Waals surface area contributed by atoms with E-state index in [1.54, 1.807) is 0 Å². The largest absolute Gasteiger partial charge is 0.487 e. The molecule has 1 N–H and O–H groups in total. The molecule has 20 heavy (non-hydrogen) atoms. The molecule has 1 aromatic carbocycles. The summed E-state index contributed by atoms with van der Waals surface area (Å²) in [6.45, 7) is 0.452. The number of carboxylic acid groups (broad SMARTS) is 1. The molecule has 0 unspecified atom stereocenters. The van der Waals surface area contributed by atoms with Crippen LogP contribution in [0.25, 0.3) is 0 Å². The Morgan fingerprint density at radius 3 is 2.65 bits per heavy atom. The summed E-state index contributed by atoms with van der Waals surface area (Å²) in [5, 5.41) is 19.8. The Morgan fingerprint density at radius 1 is 1.35 bits per heavy atom. The normalized spacial score (nSPS) is 15.8. The maximum Gasteiger partial charge on any atom is 0.335 e. The predicted molar refractivity (Wildman–Crippen MR) is 72.1 cm³/mol. The molecule has 1 aromatic rings. The van der Waals surface area contributed by atoms with Gasteiger partial charge in [0.1, 0.15) is 0 Å². The van der Waals surface area contributed by atoms with Gasteiger partial charge in [-0.15, -0.1) is 0 Å². The number of rotatable bonds is 5. The van der Waals surface area contributed by atoms with Crippen LogP contribution in [0.5, 0.6) is 5.75 Å². The number of carboxylic acids is 1. The van der Waals surface area contributed by atoms with Crippen LogP contribution >= 0.6 is 0 Å². The highest BCUT2D eigenvalue weighted by atomic mass is 16.6. The van der Waals surface area contributed by atoms with Crippen molar-refractivity contribution >= 4 is 11.7 Å². The molecule has 0 spiro atoms. The first-order valence-electron chi connectivity index (χ1n) is 6.72. The van der Waals surface area contributed by atoms with Gasteiger partial charge in [0.2, 0.25) is 0 Å². The number of carbonyl (C=O) groups is 1. The monoisotopic (exact) mass is 279 g/mol. The molecule has 0 atom stereocenters. The Balaban J connectivity index is 2.09. The van der Waals surface area contributed by atoms with Gasteiger partial charge >= 0.3 is 11.7 Å². The second kappa shape index (κ2) is 6.36. The lowest BCUT2D eigenvalue weighted by molar-refractivity contribution is -0.385. The van der Waals surface area contributed by atoms with Crippen LogP contribution in [-0.2, 0) is 0 Å². The molecule has 1 aliphatic carbocycles. The molecule has 0 heterocycles. The van der Waals surface area contributed by atoms with Gasteiger partial charge in [-0.1, -0.05) is 19.3 Å². The number of benzene rings is 1. The second-order valence-corrected chi connectivity index (χ2v) is 5.06. The van der Waals surface area contributed by atoms with E-state index < -0.39 is 10.9 Å². The number of nitrogens with zero attached hydrogens (tertiary/aromatic N) is 1. The van der Waals surface area contributed by atoms with Crippen molar-refractivity contribution in [2.45, 2.75) is 32.1 Å². The van der Waals surface area contributed by atoms with E-state index in [4.69, 9.17) is 9.84 Å². The van der Waals surface area contributed by atoms with Crippen LogP contribution in [0.3, 0.4) is 0 Å². The summed E-state index contributed by atoms with van der Waals surface area (Å²) in [4.78, 5) is 21.2. The van der Waals surface area contributed by atoms with Crippen molar-refractivity contribution in [3.63, 3.8) is 0 Å². The molecule has 0 aromatic heterocycles. The minimum atomic E-state index is -1.19. The quantitative estimate of drug-likeness (QED) is 0.660. The minimum Gasteiger partial charge on any atom is -0.487 e. The van der Waals surface area contributed by atoms with Crippen LogP contribution in [0.15, 0.2) is 18.2 Å². The van der Waals surface area contributed by atoms with Crippen molar-refractivity contribution in [1.29, 1.82) is 0 Å². The highest BCUT2D eigenvalue weighted by molar-refractivity contribution is 5.88. The summed E-state index contributed by atoms with van der Waals surface area (Å²) in [5.74, 6) is -0.611. The summed E-state index contributed by atoms with van der Waals surface area (Å²) in [5.41, 5.74) is -0.401. The molecule has 1 fully saturated rings. The summed E-state index contributed by atoms with van der Waals surface area (Å²) in [6.07, 6.45) is 5.76. The molecule has 1 saturated carbocycles. The highest BCUT2D eigenvalue weighted by Crippen LogP contribution is 2.30. The Bertz CT molecular complexity index is 508. The van der Waals surface area contributed by atoms with Crippen LogP contribution < -0.4 is 4.74 Å². The molecule has 1 aliphatic rings. The lowest BCUT2D eigenvalue weighted by Gasteiger charge is -2.21. The number of hydrogen-bond acceptors (Lipinski definition) is 4. The average molecular weight is 279 g/mol. The smallest absolute Gasteiger partial charge is 0.335 e. The maximum absolute atomic E-state index is 11.0. The number of aromatic carboxylic acids is 1. The fourth-order valence-electron chi connectivity index (χ4n) is 2.48. The van der Waals surface area contributed by atoms with Crippen molar-refractivity contribution in [3.05, 3.63) is 33.9 Å². The predicted octanol–water partition coefficient (Wildman–Crippen LogP) is 3.25. The standard InChI is InChI=1S/C14H17NO5/c16-14(17)11-6-7-13(12(8-11)15(18)19)20-9-10-4-2-1-3-5-10/h6-8,10H,1-5,9H2,(H,16,17). The van der Waals surface area contributed by atoms with Crippen LogP contribution in [0, 0.1) is 16.0 Å². The van der Waals surface area contributed by atoms with Gasteiger partial charge in [-0.05, 0) is 30.9 Å². The SMILES string of the molecule is O=C(O)c1ccc(OCC2CCCCC2)c([N+](=O)[O-])c1. The third kappa shape index (κ3) is 3.46. The van der Waals surface area contributed by atoms with Crippen molar-refractivity contribution in [2.24, 2.45) is 5.92 Å². The summed E-state index contributed by atoms with van der Waals surface area (Å²) >= 11 is 0. The second-order valence-electron chi connectivity index (χ2n) is 5.06. The Labute approximate surface area is 116 Å². The van der Waals surface area contributed by atoms with E-state index in [0.29, 0.717) is 12.5 Å². The zero-order valence-corrected chi connectivity index (χ0v) is 11.1. The van der Waals surface area contributed by atoms with Crippen LogP contribution in [-0.4, -0.2) is 22.6 Å². The van der Waals surface area contributed by atoms with E-state index in [2.05, 4.69) is 0 Å². The zero-order chi connectivity index (χ0) is 14.5. The van der Waals surface area contributed by atoms with E-state index in [1.165, 1.54) is 31.4 Å². The van der Waals surface area contributed by atoms with Gasteiger partial charge in [-0.3, -0.25) is 10.1 Å². The minimum absolute atomic E-state index is 0.110. The molecule has 0 bridgehead atoms. The van der Waals surface area contributed by atoms with Gasteiger partial charge in [0.25, 0.3) is 0 Å². The van der Waals surface area contributed by atoms with Crippen LogP contribution in [0.4, 0.5) is 5.69 Å². The molecule has 0 radical (unpaired) electrons. The van der Waals surface area contributed by atoms with Crippen molar-refractivity contribution in [2.75, 3.05) is 6.61 Å². The number of nitro groups is 1. The van der Waals surface area contributed by atoms with Gasteiger partial charge in [-0.25, -0.2) is 4.79 Å². The Morgan fingerprint density at radius 2 is 2.05 bits per heavy atom. The van der Waals surface area contributed by atoms with Crippen LogP contribution in [0.2, 0.25) is 0 Å². The summed E-state index contributed by atoms with van der Waals surface area (Å²) in [7, 11) is 0. The molecular formula is C14H17NO5. The lowest BCUT2D eigenvalue weighted by atomic mass is 9.90. The molecule has 6 nitrogen and oxygen atoms in total. The topological polar surface area (TPSA) is 89.7 Å². The van der Waals surface area contributed by atoms with Crippen LogP contribution in [0.1, 0.15) is 42.5 Å². The van der Waals surface area contributed by atoms with Gasteiger partial charge < -0.3 is 9.84 Å². The van der Waals surface area contributed by atoms with Gasteiger partial charge in [-0.2, -0.15) is 0 Å². The third-order valence-electron chi connectivity index (χ3n) is 3.60. The van der Waals surface area contributed by atoms with Gasteiger partial charge in [0, 0.05) is 6.07 Å². The highest BCUT2D eigenvalue weighted by Gasteiger charge is 2.20. The zero-order valence-electron chi connectivity index (χ0n) is 11.1. The first-order chi connectivity index (χ1) is 9.58. The molecule has 0 amide bonds. The van der Waals surface area contributed by atoms with E-state index >= 15 is 0 Å². The number of nitro benzene ring substituents is 1. The lowest BCUT2D eigenvalue weighted by Crippen LogP contribution is -2.15. The molecule has 2 rings (SSSR count). The van der Waals surface area contributed by atoms with Gasteiger partial charge in [0.05, 0.1) is 17.1 Å². The molecule has 0 saturated heterocycles. The maximum atomic E-state index is 11.0.